The number of hydrogen-bond donors (Lipinski definition) is 2. The predicted octanol–water partition coefficient (Wildman–Crippen LogP) is 0.385. The molecule has 1 unspecified atom stereocenters. The van der Waals surface area contributed by atoms with Gasteiger partial charge in [-0.15, -0.1) is 0 Å². The average Bonchev–Trinajstić information content (AvgIpc) is 2.42. The molecule has 1 fully saturated rings. The first-order valence-electron chi connectivity index (χ1n) is 6.63. The Labute approximate surface area is 117 Å². The highest BCUT2D eigenvalue weighted by Gasteiger charge is 2.28. The van der Waals surface area contributed by atoms with Crippen LogP contribution in [0.5, 0.6) is 5.75 Å². The van der Waals surface area contributed by atoms with E-state index < -0.39 is 6.04 Å². The van der Waals surface area contributed by atoms with E-state index in [2.05, 4.69) is 5.32 Å². The number of carbonyl (C=O) groups excluding carboxylic acids is 2. The van der Waals surface area contributed by atoms with Crippen molar-refractivity contribution >= 4 is 17.5 Å². The smallest absolute Gasteiger partial charge is 0.242 e. The van der Waals surface area contributed by atoms with Crippen LogP contribution in [-0.4, -0.2) is 42.5 Å². The Kier molecular flexibility index (Phi) is 4.45. The third kappa shape index (κ3) is 3.40. The largest absolute Gasteiger partial charge is 0.493 e. The van der Waals surface area contributed by atoms with Crippen molar-refractivity contribution in [1.82, 2.24) is 10.2 Å². The summed E-state index contributed by atoms with van der Waals surface area (Å²) in [5.41, 5.74) is 6.26. The Morgan fingerprint density at radius 3 is 3.10 bits per heavy atom. The summed E-state index contributed by atoms with van der Waals surface area (Å²) in [6.07, 6.45) is 0.242. The van der Waals surface area contributed by atoms with Gasteiger partial charge in [-0.2, -0.15) is 0 Å². The quantitative estimate of drug-likeness (QED) is 0.779. The molecule has 6 nitrogen and oxygen atoms in total. The molecule has 1 aliphatic heterocycles. The maximum absolute atomic E-state index is 12.1. The van der Waals surface area contributed by atoms with Crippen molar-refractivity contribution in [3.8, 4) is 5.75 Å². The molecule has 20 heavy (non-hydrogen) atoms. The SMILES string of the molecule is CC1C(=O)NCCN1C(=O)CCOc1cccc(N)c1. The van der Waals surface area contributed by atoms with Crippen molar-refractivity contribution in [3.63, 3.8) is 0 Å². The first-order valence-corrected chi connectivity index (χ1v) is 6.63. The van der Waals surface area contributed by atoms with Crippen LogP contribution in [0.1, 0.15) is 13.3 Å². The summed E-state index contributed by atoms with van der Waals surface area (Å²) in [4.78, 5) is 25.1. The molecule has 2 amide bonds. The van der Waals surface area contributed by atoms with E-state index in [-0.39, 0.29) is 24.8 Å². The maximum atomic E-state index is 12.1. The Morgan fingerprint density at radius 2 is 2.35 bits per heavy atom. The van der Waals surface area contributed by atoms with Gasteiger partial charge >= 0.3 is 0 Å². The standard InChI is InChI=1S/C14H19N3O3/c1-10-14(19)16-6-7-17(10)13(18)5-8-20-12-4-2-3-11(15)9-12/h2-4,9-10H,5-8,15H2,1H3,(H,16,19). The molecule has 0 spiro atoms. The van der Waals surface area contributed by atoms with Gasteiger partial charge in [-0.1, -0.05) is 6.07 Å². The van der Waals surface area contributed by atoms with Crippen molar-refractivity contribution in [1.29, 1.82) is 0 Å². The molecule has 1 saturated heterocycles. The molecule has 1 aromatic rings. The Hall–Kier alpha value is -2.24. The molecule has 0 saturated carbocycles. The van der Waals surface area contributed by atoms with Crippen molar-refractivity contribution in [2.75, 3.05) is 25.4 Å². The Bertz CT molecular complexity index is 504. The van der Waals surface area contributed by atoms with Crippen LogP contribution in [0.4, 0.5) is 5.69 Å². The summed E-state index contributed by atoms with van der Waals surface area (Å²) in [6, 6.07) is 6.65. The lowest BCUT2D eigenvalue weighted by molar-refractivity contribution is -0.142. The number of nitrogen functional groups attached to an aromatic ring is 1. The number of nitrogens with one attached hydrogen (secondary N) is 1. The minimum atomic E-state index is -0.413. The second-order valence-corrected chi connectivity index (χ2v) is 4.73. The fourth-order valence-electron chi connectivity index (χ4n) is 2.13. The number of rotatable bonds is 4. The zero-order valence-electron chi connectivity index (χ0n) is 11.5. The van der Waals surface area contributed by atoms with E-state index in [1.54, 1.807) is 36.1 Å². The van der Waals surface area contributed by atoms with Crippen LogP contribution in [0.25, 0.3) is 0 Å². The molecule has 2 rings (SSSR count). The van der Waals surface area contributed by atoms with Crippen LogP contribution in [0.3, 0.4) is 0 Å². The van der Waals surface area contributed by atoms with Crippen LogP contribution < -0.4 is 15.8 Å². The first kappa shape index (κ1) is 14.2. The molecule has 0 radical (unpaired) electrons. The number of anilines is 1. The van der Waals surface area contributed by atoms with E-state index >= 15 is 0 Å². The van der Waals surface area contributed by atoms with Crippen LogP contribution in [0.15, 0.2) is 24.3 Å². The van der Waals surface area contributed by atoms with Crippen LogP contribution in [0, 0.1) is 0 Å². The van der Waals surface area contributed by atoms with E-state index in [1.807, 2.05) is 0 Å². The predicted molar refractivity (Wildman–Crippen MR) is 75.2 cm³/mol. The van der Waals surface area contributed by atoms with Gasteiger partial charge < -0.3 is 20.7 Å². The molecule has 0 bridgehead atoms. The molecule has 0 aliphatic carbocycles. The maximum Gasteiger partial charge on any atom is 0.242 e. The number of piperazine rings is 1. The number of hydrogen-bond acceptors (Lipinski definition) is 4. The van der Waals surface area contributed by atoms with Gasteiger partial charge in [-0.25, -0.2) is 0 Å². The molecule has 1 atom stereocenters. The summed E-state index contributed by atoms with van der Waals surface area (Å²) in [7, 11) is 0. The Morgan fingerprint density at radius 1 is 1.55 bits per heavy atom. The summed E-state index contributed by atoms with van der Waals surface area (Å²) < 4.78 is 5.48. The van der Waals surface area contributed by atoms with Crippen LogP contribution in [-0.2, 0) is 9.59 Å². The van der Waals surface area contributed by atoms with Gasteiger partial charge in [0, 0.05) is 24.8 Å². The van der Waals surface area contributed by atoms with Gasteiger partial charge in [-0.05, 0) is 19.1 Å². The van der Waals surface area contributed by atoms with Crippen LogP contribution >= 0.6 is 0 Å². The van der Waals surface area contributed by atoms with Gasteiger partial charge in [0.25, 0.3) is 0 Å². The molecule has 6 heteroatoms. The second kappa shape index (κ2) is 6.27. The highest BCUT2D eigenvalue weighted by atomic mass is 16.5. The highest BCUT2D eigenvalue weighted by Crippen LogP contribution is 2.15. The third-order valence-electron chi connectivity index (χ3n) is 3.26. The molecule has 0 aromatic heterocycles. The van der Waals surface area contributed by atoms with Crippen LogP contribution in [0.2, 0.25) is 0 Å². The minimum absolute atomic E-state index is 0.0729. The van der Waals surface area contributed by atoms with Gasteiger partial charge in [0.2, 0.25) is 11.8 Å². The summed E-state index contributed by atoms with van der Waals surface area (Å²) in [5.74, 6) is 0.458. The fourth-order valence-corrected chi connectivity index (χ4v) is 2.13. The van der Waals surface area contributed by atoms with Crippen molar-refractivity contribution in [2.24, 2.45) is 0 Å². The van der Waals surface area contributed by atoms with E-state index in [0.717, 1.165) is 0 Å². The van der Waals surface area contributed by atoms with E-state index in [9.17, 15) is 9.59 Å². The lowest BCUT2D eigenvalue weighted by Crippen LogP contribution is -2.56. The normalized spacial score (nSPS) is 18.6. The molecule has 3 N–H and O–H groups in total. The highest BCUT2D eigenvalue weighted by molar-refractivity contribution is 5.88. The molecule has 1 heterocycles. The van der Waals surface area contributed by atoms with Crippen molar-refractivity contribution in [2.45, 2.75) is 19.4 Å². The topological polar surface area (TPSA) is 84.7 Å². The van der Waals surface area contributed by atoms with E-state index in [1.165, 1.54) is 0 Å². The number of amides is 2. The van der Waals surface area contributed by atoms with Gasteiger partial charge in [0.15, 0.2) is 0 Å². The first-order chi connectivity index (χ1) is 9.58. The Balaban J connectivity index is 1.81. The molecule has 1 aromatic carbocycles. The number of carbonyl (C=O) groups is 2. The molecule has 1 aliphatic rings. The monoisotopic (exact) mass is 277 g/mol. The van der Waals surface area contributed by atoms with E-state index in [4.69, 9.17) is 10.5 Å². The molecule has 108 valence electrons. The van der Waals surface area contributed by atoms with Gasteiger partial charge in [0.1, 0.15) is 11.8 Å². The van der Waals surface area contributed by atoms with Gasteiger partial charge in [-0.3, -0.25) is 9.59 Å². The lowest BCUT2D eigenvalue weighted by atomic mass is 10.2. The average molecular weight is 277 g/mol. The second-order valence-electron chi connectivity index (χ2n) is 4.73. The number of ether oxygens (including phenoxy) is 1. The zero-order valence-corrected chi connectivity index (χ0v) is 11.5. The summed E-state index contributed by atoms with van der Waals surface area (Å²) >= 11 is 0. The minimum Gasteiger partial charge on any atom is -0.493 e. The zero-order chi connectivity index (χ0) is 14.5. The van der Waals surface area contributed by atoms with E-state index in [0.29, 0.717) is 24.5 Å². The number of nitrogens with zero attached hydrogens (tertiary/aromatic N) is 1. The number of nitrogens with two attached hydrogens (primary N) is 1. The third-order valence-corrected chi connectivity index (χ3v) is 3.26. The fraction of sp³-hybridized carbons (Fsp3) is 0.429. The molecular formula is C14H19N3O3. The summed E-state index contributed by atoms with van der Waals surface area (Å²) in [5, 5.41) is 2.73. The number of benzene rings is 1. The van der Waals surface area contributed by atoms with Gasteiger partial charge in [0.05, 0.1) is 13.0 Å². The molecular weight excluding hydrogens is 258 g/mol. The van der Waals surface area contributed by atoms with Crippen molar-refractivity contribution in [3.05, 3.63) is 24.3 Å². The van der Waals surface area contributed by atoms with Crippen molar-refractivity contribution < 1.29 is 14.3 Å². The lowest BCUT2D eigenvalue weighted by Gasteiger charge is -2.32. The summed E-state index contributed by atoms with van der Waals surface area (Å²) in [6.45, 7) is 3.05.